The van der Waals surface area contributed by atoms with Crippen LogP contribution in [0.4, 0.5) is 21.4 Å². The molecule has 6 heteroatoms. The molecule has 23 heavy (non-hydrogen) atoms. The van der Waals surface area contributed by atoms with E-state index in [-0.39, 0.29) is 17.0 Å². The average Bonchev–Trinajstić information content (AvgIpc) is 2.55. The number of halogens is 5. The molecule has 0 saturated carbocycles. The Morgan fingerprint density at radius 2 is 1.22 bits per heavy atom. The Balaban J connectivity index is 2.34. The van der Waals surface area contributed by atoms with Gasteiger partial charge in [-0.05, 0) is 24.1 Å². The van der Waals surface area contributed by atoms with Gasteiger partial charge in [0.05, 0.1) is 12.1 Å². The molecular formula is C17H15F5S. The highest BCUT2D eigenvalue weighted by Crippen LogP contribution is 2.49. The molecule has 0 unspecified atom stereocenters. The van der Waals surface area contributed by atoms with Crippen molar-refractivity contribution in [3.63, 3.8) is 0 Å². The summed E-state index contributed by atoms with van der Waals surface area (Å²) in [7, 11) is 0. The lowest BCUT2D eigenvalue weighted by molar-refractivity contribution is -0.223. The zero-order chi connectivity index (χ0) is 17.1. The molecule has 0 saturated heterocycles. The van der Waals surface area contributed by atoms with E-state index in [2.05, 4.69) is 0 Å². The Hall–Kier alpha value is -1.56. The van der Waals surface area contributed by atoms with Gasteiger partial charge in [0.25, 0.3) is 0 Å². The zero-order valence-electron chi connectivity index (χ0n) is 12.3. The van der Waals surface area contributed by atoms with Gasteiger partial charge in [0.15, 0.2) is 0 Å². The lowest BCUT2D eigenvalue weighted by Crippen LogP contribution is -2.35. The molecule has 0 heterocycles. The largest absolute Gasteiger partial charge is 0.339 e. The number of alkyl halides is 4. The summed E-state index contributed by atoms with van der Waals surface area (Å²) in [5, 5.41) is 0. The van der Waals surface area contributed by atoms with E-state index >= 15 is 0 Å². The normalized spacial score (nSPS) is 12.4. The van der Waals surface area contributed by atoms with Crippen molar-refractivity contribution in [2.24, 2.45) is 0 Å². The summed E-state index contributed by atoms with van der Waals surface area (Å²) >= 11 is -0.134. The highest BCUT2D eigenvalue weighted by Gasteiger charge is 2.58. The van der Waals surface area contributed by atoms with E-state index in [0.717, 1.165) is 48.4 Å². The molecule has 0 radical (unpaired) electrons. The van der Waals surface area contributed by atoms with E-state index in [9.17, 15) is 21.4 Å². The fraction of sp³-hybridized carbons (Fsp3) is 0.294. The number of benzene rings is 2. The standard InChI is InChI=1S/C17H15F5S/c1-2-3-12-4-6-13(7-5-12)16(18,19)17(20,21)14-8-10-15(23-22)11-9-14/h4-11H,2-3H2,1H3. The van der Waals surface area contributed by atoms with Gasteiger partial charge < -0.3 is 0 Å². The van der Waals surface area contributed by atoms with Gasteiger partial charge >= 0.3 is 11.8 Å². The Kier molecular flexibility index (Phi) is 5.34. The van der Waals surface area contributed by atoms with Crippen LogP contribution >= 0.6 is 12.1 Å². The smallest absolute Gasteiger partial charge is 0.194 e. The first kappa shape index (κ1) is 17.8. The number of aryl methyl sites for hydroxylation is 1. The van der Waals surface area contributed by atoms with Crippen LogP contribution in [0.5, 0.6) is 0 Å². The molecule has 0 amide bonds. The topological polar surface area (TPSA) is 0 Å². The summed E-state index contributed by atoms with van der Waals surface area (Å²) in [6.45, 7) is 1.94. The number of hydrogen-bond donors (Lipinski definition) is 0. The third-order valence-electron chi connectivity index (χ3n) is 3.56. The van der Waals surface area contributed by atoms with Crippen LogP contribution in [0, 0.1) is 0 Å². The first-order valence-electron chi connectivity index (χ1n) is 7.07. The molecule has 0 aliphatic heterocycles. The van der Waals surface area contributed by atoms with Crippen LogP contribution in [0.3, 0.4) is 0 Å². The Morgan fingerprint density at radius 1 is 0.783 bits per heavy atom. The van der Waals surface area contributed by atoms with Crippen molar-refractivity contribution in [2.45, 2.75) is 36.5 Å². The van der Waals surface area contributed by atoms with E-state index in [1.165, 1.54) is 12.1 Å². The molecule has 2 aromatic carbocycles. The average molecular weight is 346 g/mol. The predicted molar refractivity (Wildman–Crippen MR) is 81.6 cm³/mol. The van der Waals surface area contributed by atoms with Crippen LogP contribution < -0.4 is 0 Å². The van der Waals surface area contributed by atoms with Gasteiger partial charge in [0, 0.05) is 16.0 Å². The van der Waals surface area contributed by atoms with E-state index in [4.69, 9.17) is 0 Å². The van der Waals surface area contributed by atoms with Crippen molar-refractivity contribution < 1.29 is 21.4 Å². The van der Waals surface area contributed by atoms with Gasteiger partial charge in [-0.1, -0.05) is 49.7 Å². The Morgan fingerprint density at radius 3 is 1.61 bits per heavy atom. The molecule has 0 bridgehead atoms. The number of rotatable bonds is 6. The van der Waals surface area contributed by atoms with Crippen LogP contribution in [-0.2, 0) is 18.3 Å². The Labute approximate surface area is 136 Å². The van der Waals surface area contributed by atoms with Gasteiger partial charge in [-0.3, -0.25) is 0 Å². The van der Waals surface area contributed by atoms with Gasteiger partial charge in [0.2, 0.25) is 0 Å². The van der Waals surface area contributed by atoms with Crippen LogP contribution in [0.25, 0.3) is 0 Å². The van der Waals surface area contributed by atoms with Crippen molar-refractivity contribution in [3.8, 4) is 0 Å². The second-order valence-corrected chi connectivity index (χ2v) is 5.82. The van der Waals surface area contributed by atoms with Gasteiger partial charge in [-0.2, -0.15) is 21.4 Å². The predicted octanol–water partition coefficient (Wildman–Crippen LogP) is 6.50. The minimum atomic E-state index is -4.39. The third kappa shape index (κ3) is 3.52. The van der Waals surface area contributed by atoms with E-state index in [0.29, 0.717) is 6.42 Å². The minimum Gasteiger partial charge on any atom is -0.194 e. The molecule has 2 aromatic rings. The van der Waals surface area contributed by atoms with Crippen LogP contribution in [0.15, 0.2) is 53.4 Å². The first-order valence-corrected chi connectivity index (χ1v) is 7.78. The molecule has 0 nitrogen and oxygen atoms in total. The van der Waals surface area contributed by atoms with Crippen LogP contribution in [0.1, 0.15) is 30.0 Å². The Bertz CT molecular complexity index is 635. The quantitative estimate of drug-likeness (QED) is 0.538. The molecule has 0 fully saturated rings. The highest BCUT2D eigenvalue weighted by atomic mass is 32.2. The maximum Gasteiger partial charge on any atom is 0.339 e. The van der Waals surface area contributed by atoms with E-state index < -0.39 is 23.0 Å². The second kappa shape index (κ2) is 6.91. The maximum absolute atomic E-state index is 14.3. The van der Waals surface area contributed by atoms with Gasteiger partial charge in [-0.15, -0.1) is 0 Å². The summed E-state index contributed by atoms with van der Waals surface area (Å²) in [6, 6.07) is 8.68. The molecule has 0 aliphatic rings. The fourth-order valence-corrected chi connectivity index (χ4v) is 2.49. The zero-order valence-corrected chi connectivity index (χ0v) is 13.1. The maximum atomic E-state index is 14.3. The molecule has 0 spiro atoms. The summed E-state index contributed by atoms with van der Waals surface area (Å²) in [5.74, 6) is -8.75. The third-order valence-corrected chi connectivity index (χ3v) is 4.01. The molecule has 124 valence electrons. The van der Waals surface area contributed by atoms with E-state index in [1.807, 2.05) is 6.92 Å². The van der Waals surface area contributed by atoms with Crippen LogP contribution in [-0.4, -0.2) is 0 Å². The molecule has 0 aromatic heterocycles. The molecular weight excluding hydrogens is 331 g/mol. The monoisotopic (exact) mass is 346 g/mol. The van der Waals surface area contributed by atoms with Crippen molar-refractivity contribution in [3.05, 3.63) is 65.2 Å². The lowest BCUT2D eigenvalue weighted by atomic mass is 9.95. The summed E-state index contributed by atoms with van der Waals surface area (Å²) in [5.41, 5.74) is -0.774. The molecule has 2 rings (SSSR count). The van der Waals surface area contributed by atoms with Gasteiger partial charge in [-0.25, -0.2) is 0 Å². The van der Waals surface area contributed by atoms with Gasteiger partial charge in [0.1, 0.15) is 0 Å². The van der Waals surface area contributed by atoms with Crippen LogP contribution in [0.2, 0.25) is 0 Å². The molecule has 0 aliphatic carbocycles. The van der Waals surface area contributed by atoms with E-state index in [1.54, 1.807) is 0 Å². The SMILES string of the molecule is CCCc1ccc(C(F)(F)C(F)(F)c2ccc(SF)cc2)cc1. The van der Waals surface area contributed by atoms with Crippen molar-refractivity contribution in [2.75, 3.05) is 0 Å². The summed E-state index contributed by atoms with van der Waals surface area (Å²) < 4.78 is 69.4. The first-order chi connectivity index (χ1) is 10.8. The molecule has 0 N–H and O–H groups in total. The molecule has 0 atom stereocenters. The van der Waals surface area contributed by atoms with Crippen molar-refractivity contribution in [1.82, 2.24) is 0 Å². The second-order valence-electron chi connectivity index (χ2n) is 5.20. The summed E-state index contributed by atoms with van der Waals surface area (Å²) in [4.78, 5) is 0.0804. The lowest BCUT2D eigenvalue weighted by Gasteiger charge is -2.27. The van der Waals surface area contributed by atoms with Crippen molar-refractivity contribution >= 4 is 12.1 Å². The minimum absolute atomic E-state index is 0.0804. The van der Waals surface area contributed by atoms with Crippen molar-refractivity contribution in [1.29, 1.82) is 0 Å². The number of hydrogen-bond acceptors (Lipinski definition) is 1. The fourth-order valence-electron chi connectivity index (χ4n) is 2.25. The summed E-state index contributed by atoms with van der Waals surface area (Å²) in [6.07, 6.45) is 1.54. The highest BCUT2D eigenvalue weighted by molar-refractivity contribution is 7.94.